The van der Waals surface area contributed by atoms with E-state index in [0.29, 0.717) is 11.4 Å². The Balaban J connectivity index is 1.22. The number of rotatable bonds is 10. The van der Waals surface area contributed by atoms with E-state index in [1.807, 2.05) is 0 Å². The smallest absolute Gasteiger partial charge is 0.261 e. The number of unbranched alkanes of at least 4 members (excludes halogenated alkanes) is 1. The molecule has 1 fully saturated rings. The van der Waals surface area contributed by atoms with Gasteiger partial charge in [0.05, 0.1) is 4.88 Å². The molecule has 0 atom stereocenters. The lowest BCUT2D eigenvalue weighted by atomic mass is 9.95. The van der Waals surface area contributed by atoms with Crippen molar-refractivity contribution in [3.8, 4) is 0 Å². The van der Waals surface area contributed by atoms with Crippen molar-refractivity contribution in [1.29, 1.82) is 0 Å². The number of hydrogen-bond acceptors (Lipinski definition) is 4. The van der Waals surface area contributed by atoms with Crippen LogP contribution in [0.5, 0.6) is 0 Å². The molecule has 4 nitrogen and oxygen atoms in total. The first-order valence-corrected chi connectivity index (χ1v) is 11.0. The maximum atomic E-state index is 13.2. The summed E-state index contributed by atoms with van der Waals surface area (Å²) in [6.07, 6.45) is 8.79. The summed E-state index contributed by atoms with van der Waals surface area (Å²) in [6.45, 7) is 3.68. The number of carbonyl (C=O) groups excluding carboxylic acids is 1. The molecule has 1 heterocycles. The van der Waals surface area contributed by atoms with Gasteiger partial charge in [-0.3, -0.25) is 4.79 Å². The molecule has 0 unspecified atom stereocenters. The van der Waals surface area contributed by atoms with Crippen molar-refractivity contribution in [2.45, 2.75) is 51.0 Å². The van der Waals surface area contributed by atoms with Gasteiger partial charge in [0.15, 0.2) is 0 Å². The second-order valence-corrected chi connectivity index (χ2v) is 8.38. The monoisotopic (exact) mass is 391 g/mol. The Morgan fingerprint density at radius 3 is 2.70 bits per heavy atom. The zero-order valence-corrected chi connectivity index (χ0v) is 16.7. The average Bonchev–Trinajstić information content (AvgIpc) is 3.10. The minimum Gasteiger partial charge on any atom is -0.351 e. The van der Waals surface area contributed by atoms with Crippen molar-refractivity contribution >= 4 is 27.3 Å². The van der Waals surface area contributed by atoms with E-state index in [4.69, 9.17) is 0 Å². The highest BCUT2D eigenvalue weighted by Gasteiger charge is 2.12. The number of nitrogens with one attached hydrogen (secondary N) is 3. The molecule has 1 aliphatic carbocycles. The second kappa shape index (κ2) is 10.7. The topological polar surface area (TPSA) is 53.2 Å². The van der Waals surface area contributed by atoms with E-state index in [1.165, 1.54) is 55.6 Å². The van der Waals surface area contributed by atoms with Crippen molar-refractivity contribution in [1.82, 2.24) is 16.0 Å². The summed E-state index contributed by atoms with van der Waals surface area (Å²) in [5.41, 5.74) is 0. The highest BCUT2D eigenvalue weighted by molar-refractivity contribution is 7.20. The van der Waals surface area contributed by atoms with E-state index in [-0.39, 0.29) is 11.7 Å². The third kappa shape index (κ3) is 6.55. The zero-order chi connectivity index (χ0) is 18.9. The minimum absolute atomic E-state index is 0.0683. The van der Waals surface area contributed by atoms with Crippen LogP contribution in [-0.2, 0) is 0 Å². The summed E-state index contributed by atoms with van der Waals surface area (Å²) in [6, 6.07) is 7.11. The molecule has 0 radical (unpaired) electrons. The first-order valence-electron chi connectivity index (χ1n) is 10.1. The molecule has 0 saturated heterocycles. The number of halogens is 1. The largest absolute Gasteiger partial charge is 0.351 e. The summed E-state index contributed by atoms with van der Waals surface area (Å²) in [5.74, 6) is -0.338. The van der Waals surface area contributed by atoms with Gasteiger partial charge in [-0.15, -0.1) is 11.3 Å². The number of thiophene rings is 1. The van der Waals surface area contributed by atoms with E-state index >= 15 is 0 Å². The third-order valence-corrected chi connectivity index (χ3v) is 6.22. The van der Waals surface area contributed by atoms with E-state index in [2.05, 4.69) is 16.0 Å². The summed E-state index contributed by atoms with van der Waals surface area (Å²) >= 11 is 1.41. The standard InChI is InChI=1S/C21H30FN3OS/c22-17-8-9-19-16(14-17)15-20(27-19)21(26)25-11-5-4-10-23-12-13-24-18-6-2-1-3-7-18/h8-9,14-15,18,23-24H,1-7,10-13H2,(H,25,26). The van der Waals surface area contributed by atoms with Crippen molar-refractivity contribution in [3.63, 3.8) is 0 Å². The van der Waals surface area contributed by atoms with Crippen LogP contribution in [0.3, 0.4) is 0 Å². The average molecular weight is 392 g/mol. The zero-order valence-electron chi connectivity index (χ0n) is 15.9. The molecule has 2 aromatic rings. The molecule has 0 spiro atoms. The first-order chi connectivity index (χ1) is 13.2. The number of carbonyl (C=O) groups is 1. The van der Waals surface area contributed by atoms with Crippen molar-refractivity contribution in [2.24, 2.45) is 0 Å². The Labute approximate surface area is 164 Å². The predicted molar refractivity (Wildman–Crippen MR) is 111 cm³/mol. The lowest BCUT2D eigenvalue weighted by Gasteiger charge is -2.22. The molecule has 27 heavy (non-hydrogen) atoms. The molecule has 0 aliphatic heterocycles. The van der Waals surface area contributed by atoms with Crippen LogP contribution in [0.4, 0.5) is 4.39 Å². The molecule has 3 rings (SSSR count). The fourth-order valence-electron chi connectivity index (χ4n) is 3.59. The van der Waals surface area contributed by atoms with Crippen molar-refractivity contribution in [2.75, 3.05) is 26.2 Å². The van der Waals surface area contributed by atoms with Crippen LogP contribution in [0, 0.1) is 5.82 Å². The molecule has 1 amide bonds. The van der Waals surface area contributed by atoms with Gasteiger partial charge in [0.25, 0.3) is 5.91 Å². The lowest BCUT2D eigenvalue weighted by molar-refractivity contribution is 0.0957. The minimum atomic E-state index is -0.270. The molecule has 1 aromatic carbocycles. The van der Waals surface area contributed by atoms with Crippen LogP contribution in [0.2, 0.25) is 0 Å². The molecule has 0 bridgehead atoms. The van der Waals surface area contributed by atoms with Crippen LogP contribution in [-0.4, -0.2) is 38.1 Å². The van der Waals surface area contributed by atoms with Gasteiger partial charge in [0.1, 0.15) is 5.82 Å². The Morgan fingerprint density at radius 1 is 1.04 bits per heavy atom. The highest BCUT2D eigenvalue weighted by Crippen LogP contribution is 2.26. The Kier molecular flexibility index (Phi) is 8.05. The summed E-state index contributed by atoms with van der Waals surface area (Å²) in [4.78, 5) is 12.8. The maximum absolute atomic E-state index is 13.2. The molecule has 3 N–H and O–H groups in total. The van der Waals surface area contributed by atoms with E-state index in [9.17, 15) is 9.18 Å². The maximum Gasteiger partial charge on any atom is 0.261 e. The molecule has 6 heteroatoms. The summed E-state index contributed by atoms with van der Waals surface area (Å²) in [5, 5.41) is 10.8. The molecule has 1 saturated carbocycles. The van der Waals surface area contributed by atoms with Gasteiger partial charge in [-0.1, -0.05) is 19.3 Å². The normalized spacial score (nSPS) is 15.3. The van der Waals surface area contributed by atoms with Crippen LogP contribution in [0.15, 0.2) is 24.3 Å². The molecular weight excluding hydrogens is 361 g/mol. The molecular formula is C21H30FN3OS. The van der Waals surface area contributed by atoms with Crippen LogP contribution in [0.1, 0.15) is 54.6 Å². The van der Waals surface area contributed by atoms with Gasteiger partial charge >= 0.3 is 0 Å². The van der Waals surface area contributed by atoms with E-state index in [1.54, 1.807) is 12.1 Å². The molecule has 1 aliphatic rings. The van der Waals surface area contributed by atoms with Gasteiger partial charge in [-0.25, -0.2) is 4.39 Å². The lowest BCUT2D eigenvalue weighted by Crippen LogP contribution is -2.36. The quantitative estimate of drug-likeness (QED) is 0.535. The summed E-state index contributed by atoms with van der Waals surface area (Å²) < 4.78 is 14.2. The second-order valence-electron chi connectivity index (χ2n) is 7.29. The van der Waals surface area contributed by atoms with Gasteiger partial charge in [-0.05, 0) is 61.9 Å². The van der Waals surface area contributed by atoms with Crippen LogP contribution >= 0.6 is 11.3 Å². The predicted octanol–water partition coefficient (Wildman–Crippen LogP) is 4.06. The number of fused-ring (bicyclic) bond motifs is 1. The molecule has 1 aromatic heterocycles. The van der Waals surface area contributed by atoms with Gasteiger partial charge in [0, 0.05) is 30.4 Å². The highest BCUT2D eigenvalue weighted by atomic mass is 32.1. The third-order valence-electron chi connectivity index (χ3n) is 5.11. The summed E-state index contributed by atoms with van der Waals surface area (Å²) in [7, 11) is 0. The number of benzene rings is 1. The van der Waals surface area contributed by atoms with Crippen LogP contribution in [0.25, 0.3) is 10.1 Å². The first kappa shape index (κ1) is 20.2. The Morgan fingerprint density at radius 2 is 1.85 bits per heavy atom. The van der Waals surface area contributed by atoms with E-state index in [0.717, 1.165) is 48.6 Å². The number of amides is 1. The fraction of sp³-hybridized carbons (Fsp3) is 0.571. The van der Waals surface area contributed by atoms with Gasteiger partial charge in [0.2, 0.25) is 0 Å². The van der Waals surface area contributed by atoms with Crippen LogP contribution < -0.4 is 16.0 Å². The van der Waals surface area contributed by atoms with Crippen molar-refractivity contribution in [3.05, 3.63) is 35.0 Å². The van der Waals surface area contributed by atoms with Gasteiger partial charge in [-0.2, -0.15) is 0 Å². The Bertz CT molecular complexity index is 727. The van der Waals surface area contributed by atoms with E-state index < -0.39 is 0 Å². The SMILES string of the molecule is O=C(NCCCCNCCNC1CCCCC1)c1cc2cc(F)ccc2s1. The molecule has 148 valence electrons. The van der Waals surface area contributed by atoms with Crippen molar-refractivity contribution < 1.29 is 9.18 Å². The fourth-order valence-corrected chi connectivity index (χ4v) is 4.55. The number of hydrogen-bond donors (Lipinski definition) is 3. The Hall–Kier alpha value is -1.50. The van der Waals surface area contributed by atoms with Gasteiger partial charge < -0.3 is 16.0 Å².